The van der Waals surface area contributed by atoms with Gasteiger partial charge >= 0.3 is 5.97 Å². The number of aromatic nitrogens is 2. The number of carbonyl (C=O) groups is 2. The number of imidazole rings is 1. The van der Waals surface area contributed by atoms with Gasteiger partial charge in [0.15, 0.2) is 0 Å². The third-order valence-electron chi connectivity index (χ3n) is 4.67. The van der Waals surface area contributed by atoms with Crippen LogP contribution in [0.15, 0.2) is 54.9 Å². The maximum atomic E-state index is 12.9. The summed E-state index contributed by atoms with van der Waals surface area (Å²) >= 11 is 0. The van der Waals surface area contributed by atoms with Crippen molar-refractivity contribution in [3.63, 3.8) is 0 Å². The summed E-state index contributed by atoms with van der Waals surface area (Å²) in [4.78, 5) is 29.1. The predicted octanol–water partition coefficient (Wildman–Crippen LogP) is 3.33. The van der Waals surface area contributed by atoms with E-state index >= 15 is 0 Å². The Morgan fingerprint density at radius 2 is 1.85 bits per heavy atom. The molecule has 1 heterocycles. The molecular formula is C21H23N3O3. The van der Waals surface area contributed by atoms with E-state index in [9.17, 15) is 9.59 Å². The zero-order valence-corrected chi connectivity index (χ0v) is 15.7. The summed E-state index contributed by atoms with van der Waals surface area (Å²) in [6.45, 7) is 3.80. The van der Waals surface area contributed by atoms with Gasteiger partial charge in [0.2, 0.25) is 5.91 Å². The summed E-state index contributed by atoms with van der Waals surface area (Å²) in [6.07, 6.45) is 1.73. The predicted molar refractivity (Wildman–Crippen MR) is 103 cm³/mol. The molecule has 1 amide bonds. The zero-order chi connectivity index (χ0) is 19.4. The number of methoxy groups -OCH3 is 1. The molecule has 3 aromatic rings. The number of ether oxygens (including phenoxy) is 1. The van der Waals surface area contributed by atoms with Gasteiger partial charge in [-0.25, -0.2) is 4.98 Å². The minimum absolute atomic E-state index is 0.0721. The summed E-state index contributed by atoms with van der Waals surface area (Å²) in [6, 6.07) is 14.5. The summed E-state index contributed by atoms with van der Waals surface area (Å²) in [5.74, 6) is -0.561. The van der Waals surface area contributed by atoms with Crippen LogP contribution in [0.1, 0.15) is 36.6 Å². The fraction of sp³-hybridized carbons (Fsp3) is 0.286. The molecule has 2 aromatic carbocycles. The topological polar surface area (TPSA) is 73.2 Å². The van der Waals surface area contributed by atoms with Gasteiger partial charge in [-0.15, -0.1) is 0 Å². The smallest absolute Gasteiger partial charge is 0.307 e. The number of fused-ring (bicyclic) bond motifs is 1. The largest absolute Gasteiger partial charge is 0.469 e. The standard InChI is InChI=1S/C21H23N3O3/c1-14-8-10-16(11-9-14)18(12-20(25)27-3)23-21(26)15(2)24-13-22-17-6-4-5-7-19(17)24/h4-11,13,15,18H,12H2,1-3H3,(H,23,26)/t15-,18+/m1/s1. The highest BCUT2D eigenvalue weighted by Gasteiger charge is 2.23. The molecule has 0 unspecified atom stereocenters. The number of aryl methyl sites for hydroxylation is 1. The number of nitrogens with zero attached hydrogens (tertiary/aromatic N) is 2. The SMILES string of the molecule is COC(=O)C[C@H](NC(=O)[C@@H](C)n1cnc2ccccc21)c1ccc(C)cc1. The van der Waals surface area contributed by atoms with E-state index in [0.29, 0.717) is 0 Å². The first kappa shape index (κ1) is 18.6. The lowest BCUT2D eigenvalue weighted by Gasteiger charge is -2.22. The molecule has 3 rings (SSSR count). The Kier molecular flexibility index (Phi) is 5.54. The first-order valence-corrected chi connectivity index (χ1v) is 8.85. The van der Waals surface area contributed by atoms with E-state index in [1.165, 1.54) is 7.11 Å². The first-order valence-electron chi connectivity index (χ1n) is 8.85. The van der Waals surface area contributed by atoms with Crippen molar-refractivity contribution < 1.29 is 14.3 Å². The number of rotatable bonds is 6. The van der Waals surface area contributed by atoms with Gasteiger partial charge in [0.1, 0.15) is 6.04 Å². The first-order chi connectivity index (χ1) is 13.0. The van der Waals surface area contributed by atoms with E-state index in [4.69, 9.17) is 4.74 Å². The molecule has 0 aliphatic carbocycles. The summed E-state index contributed by atoms with van der Waals surface area (Å²) in [7, 11) is 1.34. The quantitative estimate of drug-likeness (QED) is 0.680. The number of hydrogen-bond donors (Lipinski definition) is 1. The van der Waals surface area contributed by atoms with Gasteiger partial charge < -0.3 is 14.6 Å². The van der Waals surface area contributed by atoms with Crippen LogP contribution in [0.5, 0.6) is 0 Å². The number of para-hydroxylation sites is 2. The highest BCUT2D eigenvalue weighted by atomic mass is 16.5. The van der Waals surface area contributed by atoms with Crippen LogP contribution in [0.3, 0.4) is 0 Å². The van der Waals surface area contributed by atoms with Crippen molar-refractivity contribution in [1.82, 2.24) is 14.9 Å². The molecule has 2 atom stereocenters. The molecule has 0 saturated heterocycles. The van der Waals surface area contributed by atoms with E-state index in [-0.39, 0.29) is 18.3 Å². The summed E-state index contributed by atoms with van der Waals surface area (Å²) in [5, 5.41) is 2.98. The number of carbonyl (C=O) groups excluding carboxylic acids is 2. The summed E-state index contributed by atoms with van der Waals surface area (Å²) in [5.41, 5.74) is 3.70. The van der Waals surface area contributed by atoms with Crippen LogP contribution in [-0.2, 0) is 14.3 Å². The Hall–Kier alpha value is -3.15. The maximum absolute atomic E-state index is 12.9. The Balaban J connectivity index is 1.82. The van der Waals surface area contributed by atoms with Gasteiger partial charge in [-0.3, -0.25) is 9.59 Å². The fourth-order valence-corrected chi connectivity index (χ4v) is 3.01. The molecule has 0 bridgehead atoms. The third kappa shape index (κ3) is 4.16. The van der Waals surface area contributed by atoms with E-state index in [1.807, 2.05) is 66.9 Å². The van der Waals surface area contributed by atoms with Crippen molar-refractivity contribution in [1.29, 1.82) is 0 Å². The lowest BCUT2D eigenvalue weighted by Crippen LogP contribution is -2.35. The minimum Gasteiger partial charge on any atom is -0.469 e. The van der Waals surface area contributed by atoms with Gasteiger partial charge in [0.05, 0.1) is 36.9 Å². The van der Waals surface area contributed by atoms with Crippen LogP contribution >= 0.6 is 0 Å². The third-order valence-corrected chi connectivity index (χ3v) is 4.67. The number of esters is 1. The van der Waals surface area contributed by atoms with E-state index < -0.39 is 12.1 Å². The number of hydrogen-bond acceptors (Lipinski definition) is 4. The number of benzene rings is 2. The van der Waals surface area contributed by atoms with Crippen LogP contribution in [0.2, 0.25) is 0 Å². The van der Waals surface area contributed by atoms with Gasteiger partial charge in [-0.2, -0.15) is 0 Å². The van der Waals surface area contributed by atoms with Crippen LogP contribution < -0.4 is 5.32 Å². The van der Waals surface area contributed by atoms with Gasteiger partial charge in [0, 0.05) is 0 Å². The number of nitrogens with one attached hydrogen (secondary N) is 1. The van der Waals surface area contributed by atoms with Crippen molar-refractivity contribution in [3.8, 4) is 0 Å². The van der Waals surface area contributed by atoms with Crippen LogP contribution in [0.25, 0.3) is 11.0 Å². The van der Waals surface area contributed by atoms with Gasteiger partial charge in [-0.05, 0) is 31.5 Å². The molecular weight excluding hydrogens is 342 g/mol. The van der Waals surface area contributed by atoms with Crippen LogP contribution in [0, 0.1) is 6.92 Å². The molecule has 0 fully saturated rings. The lowest BCUT2D eigenvalue weighted by molar-refractivity contribution is -0.141. The van der Waals surface area contributed by atoms with Crippen LogP contribution in [-0.4, -0.2) is 28.5 Å². The Morgan fingerprint density at radius 3 is 2.56 bits per heavy atom. The second-order valence-electron chi connectivity index (χ2n) is 6.57. The molecule has 0 saturated carbocycles. The lowest BCUT2D eigenvalue weighted by atomic mass is 10.0. The summed E-state index contributed by atoms with van der Waals surface area (Å²) < 4.78 is 6.62. The molecule has 6 nitrogen and oxygen atoms in total. The Morgan fingerprint density at radius 1 is 1.15 bits per heavy atom. The molecule has 0 radical (unpaired) electrons. The highest BCUT2D eigenvalue weighted by Crippen LogP contribution is 2.22. The molecule has 1 aromatic heterocycles. The van der Waals surface area contributed by atoms with Crippen molar-refractivity contribution in [3.05, 3.63) is 66.0 Å². The van der Waals surface area contributed by atoms with E-state index in [0.717, 1.165) is 22.2 Å². The van der Waals surface area contributed by atoms with Crippen molar-refractivity contribution in [2.24, 2.45) is 0 Å². The van der Waals surface area contributed by atoms with Crippen molar-refractivity contribution in [2.75, 3.05) is 7.11 Å². The van der Waals surface area contributed by atoms with Crippen molar-refractivity contribution in [2.45, 2.75) is 32.4 Å². The normalized spacial score (nSPS) is 13.1. The molecule has 0 spiro atoms. The second-order valence-corrected chi connectivity index (χ2v) is 6.57. The fourth-order valence-electron chi connectivity index (χ4n) is 3.01. The van der Waals surface area contributed by atoms with Gasteiger partial charge in [0.25, 0.3) is 0 Å². The maximum Gasteiger partial charge on any atom is 0.307 e. The van der Waals surface area contributed by atoms with Crippen LogP contribution in [0.4, 0.5) is 0 Å². The molecule has 140 valence electrons. The molecule has 1 N–H and O–H groups in total. The van der Waals surface area contributed by atoms with Gasteiger partial charge in [-0.1, -0.05) is 42.0 Å². The molecule has 6 heteroatoms. The second kappa shape index (κ2) is 8.03. The highest BCUT2D eigenvalue weighted by molar-refractivity contribution is 5.84. The molecule has 27 heavy (non-hydrogen) atoms. The zero-order valence-electron chi connectivity index (χ0n) is 15.7. The molecule has 0 aliphatic rings. The Bertz CT molecular complexity index is 947. The van der Waals surface area contributed by atoms with Crippen molar-refractivity contribution >= 4 is 22.9 Å². The number of amides is 1. The average molecular weight is 365 g/mol. The Labute approximate surface area is 158 Å². The van der Waals surface area contributed by atoms with E-state index in [1.54, 1.807) is 6.33 Å². The average Bonchev–Trinajstić information content (AvgIpc) is 3.11. The minimum atomic E-state index is -0.469. The molecule has 0 aliphatic heterocycles. The van der Waals surface area contributed by atoms with E-state index in [2.05, 4.69) is 10.3 Å². The monoisotopic (exact) mass is 365 g/mol.